The maximum atomic E-state index is 12.7. The Balaban J connectivity index is 2.09. The molecule has 3 heterocycles. The maximum absolute atomic E-state index is 12.7. The Kier molecular flexibility index (Phi) is 3.69. The summed E-state index contributed by atoms with van der Waals surface area (Å²) in [4.78, 5) is 12.7. The number of pyridine rings is 1. The maximum Gasteiger partial charge on any atom is 0.264 e. The van der Waals surface area contributed by atoms with E-state index < -0.39 is 0 Å². The van der Waals surface area contributed by atoms with E-state index >= 15 is 0 Å². The fourth-order valence-electron chi connectivity index (χ4n) is 2.91. The van der Waals surface area contributed by atoms with Crippen LogP contribution in [0.25, 0.3) is 10.9 Å². The number of nitrogens with zero attached hydrogens (tertiary/aromatic N) is 3. The highest BCUT2D eigenvalue weighted by molar-refractivity contribution is 5.88. The van der Waals surface area contributed by atoms with Crippen LogP contribution in [0.4, 0.5) is 5.82 Å². The number of hydrogen-bond acceptors (Lipinski definition) is 5. The molecule has 0 radical (unpaired) electrons. The van der Waals surface area contributed by atoms with Crippen molar-refractivity contribution in [3.63, 3.8) is 0 Å². The number of rotatable bonds is 4. The molecule has 1 atom stereocenters. The minimum absolute atomic E-state index is 0.0474. The zero-order chi connectivity index (χ0) is 15.0. The summed E-state index contributed by atoms with van der Waals surface area (Å²) in [7, 11) is 0. The molecular formula is C14H20N4O3. The van der Waals surface area contributed by atoms with Gasteiger partial charge < -0.3 is 20.1 Å². The molecule has 21 heavy (non-hydrogen) atoms. The van der Waals surface area contributed by atoms with Crippen LogP contribution in [0.2, 0.25) is 0 Å². The van der Waals surface area contributed by atoms with Gasteiger partial charge in [-0.15, -0.1) is 0 Å². The van der Waals surface area contributed by atoms with Gasteiger partial charge in [-0.25, -0.2) is 0 Å². The lowest BCUT2D eigenvalue weighted by molar-refractivity contribution is 0.0958. The van der Waals surface area contributed by atoms with E-state index in [1.165, 1.54) is 0 Å². The third-order valence-electron chi connectivity index (χ3n) is 3.97. The zero-order valence-electron chi connectivity index (χ0n) is 12.1. The molecule has 2 aromatic heterocycles. The van der Waals surface area contributed by atoms with Gasteiger partial charge in [-0.3, -0.25) is 9.48 Å². The predicted molar refractivity (Wildman–Crippen MR) is 79.2 cm³/mol. The Morgan fingerprint density at radius 3 is 3.05 bits per heavy atom. The molecule has 2 aromatic rings. The second-order valence-corrected chi connectivity index (χ2v) is 5.43. The number of nitrogens with two attached hydrogens (primary N) is 1. The molecule has 1 aliphatic rings. The molecule has 0 spiro atoms. The zero-order valence-corrected chi connectivity index (χ0v) is 12.1. The molecule has 114 valence electrons. The first-order valence-electron chi connectivity index (χ1n) is 7.20. The Morgan fingerprint density at radius 1 is 1.57 bits per heavy atom. The molecule has 1 saturated heterocycles. The molecule has 1 fully saturated rings. The first-order chi connectivity index (χ1) is 10.1. The van der Waals surface area contributed by atoms with Crippen LogP contribution in [-0.4, -0.2) is 38.8 Å². The topological polar surface area (TPSA) is 95.3 Å². The van der Waals surface area contributed by atoms with Gasteiger partial charge >= 0.3 is 0 Å². The van der Waals surface area contributed by atoms with Crippen molar-refractivity contribution in [3.8, 4) is 0 Å². The van der Waals surface area contributed by atoms with Crippen LogP contribution in [0.1, 0.15) is 18.5 Å². The van der Waals surface area contributed by atoms with E-state index in [0.29, 0.717) is 24.0 Å². The van der Waals surface area contributed by atoms with Crippen LogP contribution in [0, 0.1) is 6.92 Å². The van der Waals surface area contributed by atoms with E-state index in [4.69, 9.17) is 15.6 Å². The average Bonchev–Trinajstić information content (AvgIpc) is 3.04. The summed E-state index contributed by atoms with van der Waals surface area (Å²) in [6.07, 6.45) is 2.10. The van der Waals surface area contributed by atoms with Crippen molar-refractivity contribution in [2.75, 3.05) is 18.9 Å². The molecule has 3 rings (SSSR count). The van der Waals surface area contributed by atoms with Gasteiger partial charge in [0.2, 0.25) is 0 Å². The number of nitrogen functional groups attached to an aromatic ring is 1. The Hall–Kier alpha value is -1.86. The SMILES string of the molecule is Cc1cc2c(c(N)nn2CCO)c(=O)n1CC1CCCO1. The molecule has 0 bridgehead atoms. The summed E-state index contributed by atoms with van der Waals surface area (Å²) in [6, 6.07) is 1.89. The van der Waals surface area contributed by atoms with Gasteiger partial charge in [-0.05, 0) is 25.8 Å². The fraction of sp³-hybridized carbons (Fsp3) is 0.571. The summed E-state index contributed by atoms with van der Waals surface area (Å²) in [5.74, 6) is 0.213. The van der Waals surface area contributed by atoms with Crippen molar-refractivity contribution in [1.29, 1.82) is 0 Å². The van der Waals surface area contributed by atoms with E-state index in [1.54, 1.807) is 9.25 Å². The highest BCUT2D eigenvalue weighted by atomic mass is 16.5. The van der Waals surface area contributed by atoms with E-state index in [-0.39, 0.29) is 24.1 Å². The summed E-state index contributed by atoms with van der Waals surface area (Å²) < 4.78 is 8.89. The highest BCUT2D eigenvalue weighted by Gasteiger charge is 2.20. The standard InChI is InChI=1S/C14H20N4O3/c1-9-7-11-12(13(15)16-18(11)4-5-19)14(20)17(9)8-10-3-2-6-21-10/h7,10,19H,2-6,8H2,1H3,(H2,15,16). The first-order valence-corrected chi connectivity index (χ1v) is 7.20. The Morgan fingerprint density at radius 2 is 2.38 bits per heavy atom. The molecule has 3 N–H and O–H groups in total. The third kappa shape index (κ3) is 2.43. The predicted octanol–water partition coefficient (Wildman–Crippen LogP) is 0.260. The lowest BCUT2D eigenvalue weighted by Crippen LogP contribution is -2.28. The second-order valence-electron chi connectivity index (χ2n) is 5.43. The highest BCUT2D eigenvalue weighted by Crippen LogP contribution is 2.20. The van der Waals surface area contributed by atoms with E-state index in [0.717, 1.165) is 25.1 Å². The van der Waals surface area contributed by atoms with Gasteiger partial charge in [0.25, 0.3) is 5.56 Å². The molecule has 0 aliphatic carbocycles. The molecule has 7 heteroatoms. The lowest BCUT2D eigenvalue weighted by Gasteiger charge is -2.15. The van der Waals surface area contributed by atoms with Gasteiger partial charge in [-0.2, -0.15) is 5.10 Å². The fourth-order valence-corrected chi connectivity index (χ4v) is 2.91. The van der Waals surface area contributed by atoms with Crippen molar-refractivity contribution in [3.05, 3.63) is 22.1 Å². The number of ether oxygens (including phenoxy) is 1. The van der Waals surface area contributed by atoms with Crippen molar-refractivity contribution < 1.29 is 9.84 Å². The molecule has 1 unspecified atom stereocenters. The molecule has 0 aromatic carbocycles. The van der Waals surface area contributed by atoms with E-state index in [2.05, 4.69) is 5.10 Å². The number of anilines is 1. The molecule has 7 nitrogen and oxygen atoms in total. The summed E-state index contributed by atoms with van der Waals surface area (Å²) in [5, 5.41) is 13.6. The second kappa shape index (κ2) is 5.50. The lowest BCUT2D eigenvalue weighted by atomic mass is 10.2. The van der Waals surface area contributed by atoms with Gasteiger partial charge in [0.05, 0.1) is 31.3 Å². The smallest absolute Gasteiger partial charge is 0.264 e. The van der Waals surface area contributed by atoms with Crippen LogP contribution < -0.4 is 11.3 Å². The van der Waals surface area contributed by atoms with Crippen LogP contribution in [0.3, 0.4) is 0 Å². The van der Waals surface area contributed by atoms with E-state index in [9.17, 15) is 4.79 Å². The van der Waals surface area contributed by atoms with Crippen molar-refractivity contribution in [2.24, 2.45) is 0 Å². The Labute approximate surface area is 121 Å². The summed E-state index contributed by atoms with van der Waals surface area (Å²) in [6.45, 7) is 3.47. The summed E-state index contributed by atoms with van der Waals surface area (Å²) in [5.41, 5.74) is 7.26. The van der Waals surface area contributed by atoms with Crippen LogP contribution in [0.5, 0.6) is 0 Å². The summed E-state index contributed by atoms with van der Waals surface area (Å²) >= 11 is 0. The van der Waals surface area contributed by atoms with Crippen molar-refractivity contribution >= 4 is 16.7 Å². The number of hydrogen-bond donors (Lipinski definition) is 2. The van der Waals surface area contributed by atoms with E-state index in [1.807, 2.05) is 13.0 Å². The largest absolute Gasteiger partial charge is 0.394 e. The minimum Gasteiger partial charge on any atom is -0.394 e. The first kappa shape index (κ1) is 14.1. The van der Waals surface area contributed by atoms with Crippen LogP contribution in [0.15, 0.2) is 10.9 Å². The van der Waals surface area contributed by atoms with Gasteiger partial charge in [-0.1, -0.05) is 0 Å². The number of aromatic nitrogens is 3. The van der Waals surface area contributed by atoms with Crippen molar-refractivity contribution in [2.45, 2.75) is 39.0 Å². The number of aliphatic hydroxyl groups excluding tert-OH is 1. The monoisotopic (exact) mass is 292 g/mol. The molecule has 0 amide bonds. The average molecular weight is 292 g/mol. The number of fused-ring (bicyclic) bond motifs is 1. The van der Waals surface area contributed by atoms with Crippen LogP contribution >= 0.6 is 0 Å². The molecule has 0 saturated carbocycles. The third-order valence-corrected chi connectivity index (χ3v) is 3.97. The van der Waals surface area contributed by atoms with Gasteiger partial charge in [0.15, 0.2) is 5.82 Å². The number of aliphatic hydroxyl groups is 1. The molecule has 1 aliphatic heterocycles. The van der Waals surface area contributed by atoms with Gasteiger partial charge in [0.1, 0.15) is 5.39 Å². The Bertz CT molecular complexity index is 713. The van der Waals surface area contributed by atoms with Gasteiger partial charge in [0, 0.05) is 12.3 Å². The molecular weight excluding hydrogens is 272 g/mol. The minimum atomic E-state index is -0.137. The number of aryl methyl sites for hydroxylation is 1. The normalized spacial score (nSPS) is 18.7. The van der Waals surface area contributed by atoms with Crippen molar-refractivity contribution in [1.82, 2.24) is 14.3 Å². The quantitative estimate of drug-likeness (QED) is 0.843. The van der Waals surface area contributed by atoms with Crippen LogP contribution in [-0.2, 0) is 17.8 Å².